The van der Waals surface area contributed by atoms with Crippen LogP contribution >= 0.6 is 0 Å². The second-order valence-electron chi connectivity index (χ2n) is 10.1. The van der Waals surface area contributed by atoms with Gasteiger partial charge in [-0.25, -0.2) is 4.79 Å². The maximum Gasteiger partial charge on any atom is 0.337 e. The molecule has 0 spiro atoms. The number of carbonyl (C=O) groups is 1. The lowest BCUT2D eigenvalue weighted by atomic mass is 9.62. The minimum atomic E-state index is -0.946. The fourth-order valence-corrected chi connectivity index (χ4v) is 4.88. The Labute approximate surface area is 179 Å². The summed E-state index contributed by atoms with van der Waals surface area (Å²) in [7, 11) is 0. The number of hydrogen-bond donors (Lipinski definition) is 1. The van der Waals surface area contributed by atoms with Crippen LogP contribution in [0.1, 0.15) is 91.7 Å². The number of aromatic nitrogens is 1. The highest BCUT2D eigenvalue weighted by atomic mass is 16.4. The summed E-state index contributed by atoms with van der Waals surface area (Å²) in [5.74, 6) is -0.946. The van der Waals surface area contributed by atoms with Gasteiger partial charge in [0.15, 0.2) is 0 Å². The number of pyridine rings is 1. The predicted molar refractivity (Wildman–Crippen MR) is 123 cm³/mol. The highest BCUT2D eigenvalue weighted by molar-refractivity contribution is 5.89. The molecule has 1 aromatic heterocycles. The van der Waals surface area contributed by atoms with Crippen molar-refractivity contribution in [2.45, 2.75) is 71.1 Å². The zero-order valence-corrected chi connectivity index (χ0v) is 18.7. The summed E-state index contributed by atoms with van der Waals surface area (Å²) in [5, 5.41) is 9.09. The lowest BCUT2D eigenvalue weighted by molar-refractivity contribution is 0.0696. The molecule has 0 atom stereocenters. The van der Waals surface area contributed by atoms with Crippen LogP contribution < -0.4 is 0 Å². The van der Waals surface area contributed by atoms with Gasteiger partial charge in [-0.3, -0.25) is 4.98 Å². The van der Waals surface area contributed by atoms with Crippen molar-refractivity contribution in [3.63, 3.8) is 0 Å². The van der Waals surface area contributed by atoms with Crippen molar-refractivity contribution in [3.05, 3.63) is 75.6 Å². The fraction of sp³-hybridized carbons (Fsp3) is 0.407. The number of aromatic carboxylic acids is 1. The third kappa shape index (κ3) is 3.62. The average Bonchev–Trinajstić information content (AvgIpc) is 3.13. The molecule has 1 N–H and O–H groups in total. The van der Waals surface area contributed by atoms with Crippen LogP contribution in [0.25, 0.3) is 11.6 Å². The third-order valence-electron chi connectivity index (χ3n) is 6.95. The molecule has 0 fully saturated rings. The van der Waals surface area contributed by atoms with Crippen LogP contribution in [0.15, 0.2) is 42.1 Å². The molecule has 0 aliphatic heterocycles. The van der Waals surface area contributed by atoms with Gasteiger partial charge in [0, 0.05) is 6.20 Å². The van der Waals surface area contributed by atoms with Crippen LogP contribution in [0, 0.1) is 6.92 Å². The largest absolute Gasteiger partial charge is 0.478 e. The normalized spacial score (nSPS) is 20.7. The molecular weight excluding hydrogens is 370 g/mol. The molecule has 2 aromatic rings. The van der Waals surface area contributed by atoms with E-state index >= 15 is 0 Å². The van der Waals surface area contributed by atoms with Crippen molar-refractivity contribution in [3.8, 4) is 0 Å². The molecule has 3 nitrogen and oxygen atoms in total. The Balaban J connectivity index is 1.76. The monoisotopic (exact) mass is 401 g/mol. The molecule has 2 aliphatic rings. The molecular formula is C27H31NO2. The van der Waals surface area contributed by atoms with Crippen molar-refractivity contribution in [2.24, 2.45) is 0 Å². The molecule has 0 unspecified atom stereocenters. The van der Waals surface area contributed by atoms with E-state index in [0.717, 1.165) is 18.5 Å². The first-order valence-corrected chi connectivity index (χ1v) is 10.8. The lowest BCUT2D eigenvalue weighted by Crippen LogP contribution is -2.34. The SMILES string of the molecule is Cc1cc2c(cc1C1=CCCC1=Cc1ccc(C(=O)O)cn1)C(C)(C)CCC2(C)C. The molecule has 0 bridgehead atoms. The van der Waals surface area contributed by atoms with Gasteiger partial charge in [-0.1, -0.05) is 45.9 Å². The Morgan fingerprint density at radius 3 is 2.33 bits per heavy atom. The topological polar surface area (TPSA) is 50.2 Å². The molecule has 1 heterocycles. The molecule has 30 heavy (non-hydrogen) atoms. The average molecular weight is 402 g/mol. The lowest BCUT2D eigenvalue weighted by Gasteiger charge is -2.42. The smallest absolute Gasteiger partial charge is 0.337 e. The molecule has 1 aromatic carbocycles. The number of aryl methyl sites for hydroxylation is 1. The van der Waals surface area contributed by atoms with Gasteiger partial charge in [-0.15, -0.1) is 0 Å². The summed E-state index contributed by atoms with van der Waals surface area (Å²) in [5.41, 5.74) is 9.63. The number of carboxylic acid groups (broad SMARTS) is 1. The van der Waals surface area contributed by atoms with Crippen molar-refractivity contribution in [1.29, 1.82) is 0 Å². The summed E-state index contributed by atoms with van der Waals surface area (Å²) in [6.07, 6.45) is 10.3. The van der Waals surface area contributed by atoms with E-state index in [4.69, 9.17) is 5.11 Å². The van der Waals surface area contributed by atoms with E-state index in [-0.39, 0.29) is 16.4 Å². The first-order chi connectivity index (χ1) is 14.1. The summed E-state index contributed by atoms with van der Waals surface area (Å²) in [4.78, 5) is 15.4. The van der Waals surface area contributed by atoms with Crippen molar-refractivity contribution >= 4 is 17.6 Å². The Morgan fingerprint density at radius 2 is 1.73 bits per heavy atom. The van der Waals surface area contributed by atoms with Crippen LogP contribution in [0.5, 0.6) is 0 Å². The van der Waals surface area contributed by atoms with Crippen LogP contribution in [0.2, 0.25) is 0 Å². The number of rotatable bonds is 3. The summed E-state index contributed by atoms with van der Waals surface area (Å²) in [6.45, 7) is 11.7. The number of allylic oxidation sites excluding steroid dienone is 3. The highest BCUT2D eigenvalue weighted by Gasteiger charge is 2.37. The zero-order valence-electron chi connectivity index (χ0n) is 18.7. The van der Waals surface area contributed by atoms with Crippen LogP contribution in [-0.2, 0) is 10.8 Å². The third-order valence-corrected chi connectivity index (χ3v) is 6.95. The number of fused-ring (bicyclic) bond motifs is 1. The molecule has 0 radical (unpaired) electrons. The Kier molecular flexibility index (Phi) is 4.96. The maximum absolute atomic E-state index is 11.1. The van der Waals surface area contributed by atoms with E-state index in [2.05, 4.69) is 63.9 Å². The van der Waals surface area contributed by atoms with E-state index in [1.807, 2.05) is 0 Å². The predicted octanol–water partition coefficient (Wildman–Crippen LogP) is 6.70. The quantitative estimate of drug-likeness (QED) is 0.623. The highest BCUT2D eigenvalue weighted by Crippen LogP contribution is 2.48. The number of hydrogen-bond acceptors (Lipinski definition) is 2. The first kappa shape index (κ1) is 20.6. The van der Waals surface area contributed by atoms with Crippen LogP contribution in [-0.4, -0.2) is 16.1 Å². The standard InChI is InChI=1S/C27H31NO2/c1-17-13-23-24(27(4,5)12-11-26(23,2)3)15-22(17)21-8-6-7-18(21)14-20-10-9-19(16-28-20)25(29)30/h8-10,13-16H,6-7,11-12H2,1-5H3,(H,29,30). The van der Waals surface area contributed by atoms with Crippen molar-refractivity contribution in [2.75, 3.05) is 0 Å². The Bertz CT molecular complexity index is 1070. The fourth-order valence-electron chi connectivity index (χ4n) is 4.88. The molecule has 4 rings (SSSR count). The van der Waals surface area contributed by atoms with Crippen molar-refractivity contribution in [1.82, 2.24) is 4.98 Å². The van der Waals surface area contributed by atoms with Gasteiger partial charge >= 0.3 is 5.97 Å². The first-order valence-electron chi connectivity index (χ1n) is 10.8. The van der Waals surface area contributed by atoms with Gasteiger partial charge in [0.2, 0.25) is 0 Å². The number of benzene rings is 1. The number of carboxylic acids is 1. The van der Waals surface area contributed by atoms with E-state index in [9.17, 15) is 4.79 Å². The second kappa shape index (κ2) is 7.23. The van der Waals surface area contributed by atoms with E-state index < -0.39 is 5.97 Å². The van der Waals surface area contributed by atoms with E-state index in [1.54, 1.807) is 12.1 Å². The summed E-state index contributed by atoms with van der Waals surface area (Å²) >= 11 is 0. The second-order valence-corrected chi connectivity index (χ2v) is 10.1. The molecule has 156 valence electrons. The van der Waals surface area contributed by atoms with Gasteiger partial charge in [-0.05, 0) is 95.0 Å². The minimum absolute atomic E-state index is 0.185. The van der Waals surface area contributed by atoms with Gasteiger partial charge in [-0.2, -0.15) is 0 Å². The molecule has 2 aliphatic carbocycles. The molecule has 3 heteroatoms. The van der Waals surface area contributed by atoms with Gasteiger partial charge in [0.1, 0.15) is 0 Å². The van der Waals surface area contributed by atoms with Gasteiger partial charge < -0.3 is 5.11 Å². The van der Waals surface area contributed by atoms with Crippen LogP contribution in [0.3, 0.4) is 0 Å². The Hall–Kier alpha value is -2.68. The molecule has 0 saturated heterocycles. The van der Waals surface area contributed by atoms with E-state index in [1.165, 1.54) is 52.4 Å². The van der Waals surface area contributed by atoms with Gasteiger partial charge in [0.05, 0.1) is 11.3 Å². The maximum atomic E-state index is 11.1. The molecule has 0 amide bonds. The zero-order chi connectivity index (χ0) is 21.7. The minimum Gasteiger partial charge on any atom is -0.478 e. The summed E-state index contributed by atoms with van der Waals surface area (Å²) < 4.78 is 0. The summed E-state index contributed by atoms with van der Waals surface area (Å²) in [6, 6.07) is 8.27. The van der Waals surface area contributed by atoms with E-state index in [0.29, 0.717) is 0 Å². The van der Waals surface area contributed by atoms with Crippen LogP contribution in [0.4, 0.5) is 0 Å². The van der Waals surface area contributed by atoms with Crippen molar-refractivity contribution < 1.29 is 9.90 Å². The molecule has 0 saturated carbocycles. The number of nitrogens with zero attached hydrogens (tertiary/aromatic N) is 1. The van der Waals surface area contributed by atoms with Gasteiger partial charge in [0.25, 0.3) is 0 Å². The Morgan fingerprint density at radius 1 is 1.07 bits per heavy atom.